The highest BCUT2D eigenvalue weighted by atomic mass is 32.2. The van der Waals surface area contributed by atoms with E-state index in [0.29, 0.717) is 17.5 Å². The Morgan fingerprint density at radius 2 is 2.15 bits per heavy atom. The summed E-state index contributed by atoms with van der Waals surface area (Å²) in [6, 6.07) is 5.70. The van der Waals surface area contributed by atoms with Crippen molar-refractivity contribution in [2.75, 3.05) is 5.75 Å². The van der Waals surface area contributed by atoms with Crippen LogP contribution in [0.4, 0.5) is 0 Å². The van der Waals surface area contributed by atoms with Gasteiger partial charge in [0.1, 0.15) is 17.3 Å². The molecule has 2 heterocycles. The number of nitrogens with zero attached hydrogens (tertiary/aromatic N) is 3. The van der Waals surface area contributed by atoms with Gasteiger partial charge in [0.25, 0.3) is 0 Å². The molecule has 0 aliphatic rings. The number of aromatic nitrogens is 3. The van der Waals surface area contributed by atoms with Crippen LogP contribution in [0.5, 0.6) is 11.5 Å². The Kier molecular flexibility index (Phi) is 5.13. The van der Waals surface area contributed by atoms with Crippen LogP contribution in [0.1, 0.15) is 16.1 Å². The summed E-state index contributed by atoms with van der Waals surface area (Å²) in [5.74, 6) is 0.804. The molecular formula is C18H17N3O4S. The molecule has 26 heavy (non-hydrogen) atoms. The molecule has 1 aromatic carbocycles. The van der Waals surface area contributed by atoms with Crippen molar-refractivity contribution in [3.63, 3.8) is 0 Å². The summed E-state index contributed by atoms with van der Waals surface area (Å²) >= 11 is 1.21. The third kappa shape index (κ3) is 3.50. The molecule has 0 radical (unpaired) electrons. The molecule has 0 atom stereocenters. The van der Waals surface area contributed by atoms with Crippen LogP contribution in [-0.4, -0.2) is 36.5 Å². The van der Waals surface area contributed by atoms with Gasteiger partial charge in [-0.3, -0.25) is 9.36 Å². The number of benzene rings is 1. The van der Waals surface area contributed by atoms with E-state index in [0.717, 1.165) is 17.4 Å². The second-order valence-corrected chi connectivity index (χ2v) is 6.45. The summed E-state index contributed by atoms with van der Waals surface area (Å²) in [7, 11) is 0. The first-order valence-electron chi connectivity index (χ1n) is 7.77. The second-order valence-electron chi connectivity index (χ2n) is 5.51. The number of rotatable bonds is 7. The lowest BCUT2D eigenvalue weighted by atomic mass is 10.1. The molecular weight excluding hydrogens is 354 g/mol. The average molecular weight is 371 g/mol. The number of hydrogen-bond acceptors (Lipinski definition) is 7. The Hall–Kier alpha value is -3.00. The molecule has 0 saturated heterocycles. The average Bonchev–Trinajstić information content (AvgIpc) is 3.19. The molecule has 134 valence electrons. The summed E-state index contributed by atoms with van der Waals surface area (Å²) in [6.07, 6.45) is 3.31. The van der Waals surface area contributed by atoms with Crippen molar-refractivity contribution < 1.29 is 19.4 Å². The van der Waals surface area contributed by atoms with E-state index in [1.54, 1.807) is 12.3 Å². The minimum Gasteiger partial charge on any atom is -0.508 e. The van der Waals surface area contributed by atoms with Gasteiger partial charge in [-0.25, -0.2) is 0 Å². The van der Waals surface area contributed by atoms with Gasteiger partial charge >= 0.3 is 0 Å². The summed E-state index contributed by atoms with van der Waals surface area (Å²) in [4.78, 5) is 12.4. The zero-order valence-electron chi connectivity index (χ0n) is 14.0. The van der Waals surface area contributed by atoms with E-state index >= 15 is 0 Å². The maximum atomic E-state index is 12.4. The molecule has 3 rings (SSSR count). The second kappa shape index (κ2) is 7.49. The number of allylic oxidation sites excluding steroid dienone is 1. The van der Waals surface area contributed by atoms with Crippen LogP contribution in [0, 0.1) is 6.92 Å². The van der Waals surface area contributed by atoms with Gasteiger partial charge in [0, 0.05) is 12.6 Å². The number of thioether (sulfide) groups is 1. The summed E-state index contributed by atoms with van der Waals surface area (Å²) in [6.45, 7) is 6.07. The molecule has 7 nitrogen and oxygen atoms in total. The molecule has 0 spiro atoms. The fourth-order valence-corrected chi connectivity index (χ4v) is 3.30. The van der Waals surface area contributed by atoms with Crippen LogP contribution in [0.2, 0.25) is 0 Å². The van der Waals surface area contributed by atoms with Crippen LogP contribution in [0.3, 0.4) is 0 Å². The van der Waals surface area contributed by atoms with E-state index in [1.165, 1.54) is 23.9 Å². The van der Waals surface area contributed by atoms with Gasteiger partial charge in [0.2, 0.25) is 0 Å². The van der Waals surface area contributed by atoms with E-state index in [2.05, 4.69) is 16.8 Å². The molecule has 0 fully saturated rings. The predicted octanol–water partition coefficient (Wildman–Crippen LogP) is 3.42. The highest BCUT2D eigenvalue weighted by Gasteiger charge is 2.19. The van der Waals surface area contributed by atoms with E-state index in [-0.39, 0.29) is 28.6 Å². The summed E-state index contributed by atoms with van der Waals surface area (Å²) in [5, 5.41) is 28.1. The van der Waals surface area contributed by atoms with Crippen molar-refractivity contribution in [2.24, 2.45) is 0 Å². The zero-order chi connectivity index (χ0) is 18.7. The maximum Gasteiger partial charge on any atom is 0.192 e. The van der Waals surface area contributed by atoms with E-state index in [1.807, 2.05) is 17.6 Å². The fraction of sp³-hybridized carbons (Fsp3) is 0.167. The number of carbonyl (C=O) groups is 1. The first-order chi connectivity index (χ1) is 12.5. The molecule has 2 aromatic heterocycles. The molecule has 0 unspecified atom stereocenters. The number of ketones is 1. The van der Waals surface area contributed by atoms with E-state index < -0.39 is 0 Å². The Labute approximate surface area is 154 Å². The van der Waals surface area contributed by atoms with Gasteiger partial charge in [-0.2, -0.15) is 0 Å². The first-order valence-corrected chi connectivity index (χ1v) is 8.76. The first kappa shape index (κ1) is 17.8. The monoisotopic (exact) mass is 371 g/mol. The Bertz CT molecular complexity index is 961. The number of aromatic hydroxyl groups is 2. The number of phenolic OH excluding ortho intramolecular Hbond substituents is 2. The van der Waals surface area contributed by atoms with Gasteiger partial charge in [-0.15, -0.1) is 16.8 Å². The van der Waals surface area contributed by atoms with Gasteiger partial charge in [-0.05, 0) is 25.1 Å². The van der Waals surface area contributed by atoms with Crippen LogP contribution in [0.25, 0.3) is 11.4 Å². The number of aryl methyl sites for hydroxylation is 1. The topological polar surface area (TPSA) is 101 Å². The van der Waals surface area contributed by atoms with Gasteiger partial charge < -0.3 is 14.6 Å². The summed E-state index contributed by atoms with van der Waals surface area (Å²) < 4.78 is 7.17. The molecule has 0 saturated carbocycles. The van der Waals surface area contributed by atoms with Crippen LogP contribution in [-0.2, 0) is 6.54 Å². The van der Waals surface area contributed by atoms with Crippen molar-refractivity contribution in [1.82, 2.24) is 14.8 Å². The lowest BCUT2D eigenvalue weighted by Gasteiger charge is -2.07. The Morgan fingerprint density at radius 1 is 1.35 bits per heavy atom. The third-order valence-electron chi connectivity index (χ3n) is 3.74. The molecule has 0 aliphatic heterocycles. The Balaban J connectivity index is 1.82. The van der Waals surface area contributed by atoms with Crippen molar-refractivity contribution in [2.45, 2.75) is 18.6 Å². The van der Waals surface area contributed by atoms with E-state index in [9.17, 15) is 15.0 Å². The van der Waals surface area contributed by atoms with Crippen molar-refractivity contribution in [1.29, 1.82) is 0 Å². The van der Waals surface area contributed by atoms with Gasteiger partial charge in [0.15, 0.2) is 16.8 Å². The number of carbonyl (C=O) groups excluding carboxylic acids is 1. The molecule has 2 N–H and O–H groups in total. The largest absolute Gasteiger partial charge is 0.508 e. The molecule has 0 bridgehead atoms. The summed E-state index contributed by atoms with van der Waals surface area (Å²) in [5.41, 5.74) is 0.977. The maximum absolute atomic E-state index is 12.4. The van der Waals surface area contributed by atoms with Crippen LogP contribution in [0.15, 0.2) is 52.8 Å². The van der Waals surface area contributed by atoms with Crippen molar-refractivity contribution in [3.8, 4) is 22.9 Å². The molecule has 0 aliphatic carbocycles. The van der Waals surface area contributed by atoms with Crippen LogP contribution >= 0.6 is 11.8 Å². The smallest absolute Gasteiger partial charge is 0.192 e. The highest BCUT2D eigenvalue weighted by Crippen LogP contribution is 2.29. The highest BCUT2D eigenvalue weighted by molar-refractivity contribution is 7.99. The van der Waals surface area contributed by atoms with E-state index in [4.69, 9.17) is 4.42 Å². The fourth-order valence-electron chi connectivity index (χ4n) is 2.47. The quantitative estimate of drug-likeness (QED) is 0.373. The predicted molar refractivity (Wildman–Crippen MR) is 97.5 cm³/mol. The van der Waals surface area contributed by atoms with Crippen LogP contribution < -0.4 is 0 Å². The third-order valence-corrected chi connectivity index (χ3v) is 4.71. The lowest BCUT2D eigenvalue weighted by Crippen LogP contribution is -2.05. The number of Topliss-reactive ketones (excluding diaryl/α,β-unsaturated/α-hetero) is 1. The lowest BCUT2D eigenvalue weighted by molar-refractivity contribution is 0.102. The van der Waals surface area contributed by atoms with Crippen molar-refractivity contribution in [3.05, 3.63) is 54.5 Å². The SMILES string of the molecule is C=CCn1c(SCC(=O)c2ccc(O)cc2O)nnc1-c1ccoc1C. The number of furan rings is 1. The van der Waals surface area contributed by atoms with Crippen molar-refractivity contribution >= 4 is 17.5 Å². The zero-order valence-corrected chi connectivity index (χ0v) is 14.9. The van der Waals surface area contributed by atoms with Gasteiger partial charge in [0.05, 0.1) is 23.1 Å². The normalized spacial score (nSPS) is 10.8. The molecule has 3 aromatic rings. The molecule has 8 heteroatoms. The standard InChI is InChI=1S/C18H17N3O4S/c1-3-7-21-17(13-6-8-25-11(13)2)19-20-18(21)26-10-16(24)14-5-4-12(22)9-15(14)23/h3-6,8-9,22-23H,1,7,10H2,2H3. The van der Waals surface area contributed by atoms with Gasteiger partial charge in [-0.1, -0.05) is 17.8 Å². The molecule has 0 amide bonds. The minimum atomic E-state index is -0.276. The minimum absolute atomic E-state index is 0.0674. The Morgan fingerprint density at radius 3 is 2.81 bits per heavy atom. The number of hydrogen-bond donors (Lipinski definition) is 2. The number of phenols is 2.